The molecule has 0 unspecified atom stereocenters. The fraction of sp³-hybridized carbons (Fsp3) is 0.316. The van der Waals surface area contributed by atoms with Gasteiger partial charge in [0, 0.05) is 32.4 Å². The molecule has 1 aliphatic rings. The molecule has 134 valence electrons. The van der Waals surface area contributed by atoms with Gasteiger partial charge in [0.1, 0.15) is 28.9 Å². The van der Waals surface area contributed by atoms with Crippen LogP contribution in [0.2, 0.25) is 0 Å². The van der Waals surface area contributed by atoms with Gasteiger partial charge in [-0.25, -0.2) is 4.98 Å². The first-order valence-corrected chi connectivity index (χ1v) is 8.30. The van der Waals surface area contributed by atoms with Gasteiger partial charge >= 0.3 is 0 Å². The summed E-state index contributed by atoms with van der Waals surface area (Å²) in [5.74, 6) is 1.53. The normalized spacial score (nSPS) is 13.9. The Morgan fingerprint density at radius 3 is 2.31 bits per heavy atom. The Hall–Kier alpha value is -3.27. The zero-order valence-electron chi connectivity index (χ0n) is 14.8. The first-order valence-electron chi connectivity index (χ1n) is 8.30. The van der Waals surface area contributed by atoms with Gasteiger partial charge in [-0.2, -0.15) is 5.26 Å². The average Bonchev–Trinajstić information content (AvgIpc) is 2.72. The van der Waals surface area contributed by atoms with Crippen LogP contribution in [0.5, 0.6) is 11.5 Å². The number of carbonyl (C=O) groups is 1. The summed E-state index contributed by atoms with van der Waals surface area (Å²) in [6.07, 6.45) is 1.67. The van der Waals surface area contributed by atoms with Crippen molar-refractivity contribution in [3.8, 4) is 17.6 Å². The lowest BCUT2D eigenvalue weighted by molar-refractivity contribution is 0.0739. The molecular weight excluding hydrogens is 332 g/mol. The highest BCUT2D eigenvalue weighted by Crippen LogP contribution is 2.30. The van der Waals surface area contributed by atoms with E-state index in [0.717, 1.165) is 0 Å². The van der Waals surface area contributed by atoms with Crippen molar-refractivity contribution in [2.75, 3.05) is 45.3 Å². The van der Waals surface area contributed by atoms with E-state index in [1.54, 1.807) is 41.4 Å². The highest BCUT2D eigenvalue weighted by molar-refractivity contribution is 5.99. The van der Waals surface area contributed by atoms with E-state index in [1.807, 2.05) is 4.90 Å². The number of hydrogen-bond acceptors (Lipinski definition) is 6. The molecule has 0 aliphatic carbocycles. The van der Waals surface area contributed by atoms with Crippen molar-refractivity contribution >= 4 is 11.7 Å². The van der Waals surface area contributed by atoms with E-state index in [1.165, 1.54) is 14.2 Å². The van der Waals surface area contributed by atoms with Crippen LogP contribution in [0.3, 0.4) is 0 Å². The Kier molecular flexibility index (Phi) is 5.23. The Labute approximate surface area is 152 Å². The first-order chi connectivity index (χ1) is 12.7. The molecule has 0 N–H and O–H groups in total. The Morgan fingerprint density at radius 2 is 1.73 bits per heavy atom. The lowest BCUT2D eigenvalue weighted by atomic mass is 10.1. The fourth-order valence-corrected chi connectivity index (χ4v) is 3.08. The van der Waals surface area contributed by atoms with Crippen LogP contribution in [-0.2, 0) is 0 Å². The topological polar surface area (TPSA) is 78.7 Å². The van der Waals surface area contributed by atoms with E-state index < -0.39 is 0 Å². The second kappa shape index (κ2) is 7.74. The number of rotatable bonds is 4. The summed E-state index contributed by atoms with van der Waals surface area (Å²) in [6, 6.07) is 10.9. The molecule has 26 heavy (non-hydrogen) atoms. The summed E-state index contributed by atoms with van der Waals surface area (Å²) in [7, 11) is 3.07. The van der Waals surface area contributed by atoms with Crippen molar-refractivity contribution in [2.45, 2.75) is 0 Å². The molecule has 0 bridgehead atoms. The molecule has 1 aliphatic heterocycles. The molecule has 1 fully saturated rings. The van der Waals surface area contributed by atoms with Crippen molar-refractivity contribution in [1.82, 2.24) is 9.88 Å². The molecule has 0 saturated carbocycles. The zero-order valence-corrected chi connectivity index (χ0v) is 14.8. The standard InChI is InChI=1S/C19H20N4O3/c1-25-15-6-3-7-16(26-2)17(15)19(24)23-11-9-22(10-12-23)18-14(13-20)5-4-8-21-18/h3-8H,9-12H2,1-2H3. The minimum absolute atomic E-state index is 0.125. The SMILES string of the molecule is COc1cccc(OC)c1C(=O)N1CCN(c2ncccc2C#N)CC1. The predicted octanol–water partition coefficient (Wildman–Crippen LogP) is 1.93. The molecule has 1 aromatic heterocycles. The van der Waals surface area contributed by atoms with Crippen LogP contribution in [-0.4, -0.2) is 56.2 Å². The van der Waals surface area contributed by atoms with Crippen molar-refractivity contribution in [3.05, 3.63) is 47.7 Å². The van der Waals surface area contributed by atoms with Gasteiger partial charge in [-0.15, -0.1) is 0 Å². The summed E-state index contributed by atoms with van der Waals surface area (Å²) in [4.78, 5) is 21.1. The van der Waals surface area contributed by atoms with Crippen molar-refractivity contribution in [3.63, 3.8) is 0 Å². The first kappa shape index (κ1) is 17.5. The van der Waals surface area contributed by atoms with Gasteiger partial charge in [-0.1, -0.05) is 6.07 Å². The zero-order chi connectivity index (χ0) is 18.5. The van der Waals surface area contributed by atoms with E-state index in [4.69, 9.17) is 9.47 Å². The number of nitrogens with zero attached hydrogens (tertiary/aromatic N) is 4. The largest absolute Gasteiger partial charge is 0.496 e. The number of amides is 1. The summed E-state index contributed by atoms with van der Waals surface area (Å²) in [5, 5.41) is 9.24. The maximum atomic E-state index is 13.0. The van der Waals surface area contributed by atoms with E-state index >= 15 is 0 Å². The number of aromatic nitrogens is 1. The molecule has 1 aromatic carbocycles. The Morgan fingerprint density at radius 1 is 1.08 bits per heavy atom. The molecule has 2 heterocycles. The van der Waals surface area contributed by atoms with Crippen LogP contribution in [0.1, 0.15) is 15.9 Å². The number of anilines is 1. The van der Waals surface area contributed by atoms with E-state index in [0.29, 0.717) is 54.6 Å². The monoisotopic (exact) mass is 352 g/mol. The van der Waals surface area contributed by atoms with Gasteiger partial charge in [0.25, 0.3) is 5.91 Å². The highest BCUT2D eigenvalue weighted by atomic mass is 16.5. The number of methoxy groups -OCH3 is 2. The fourth-order valence-electron chi connectivity index (χ4n) is 3.08. The van der Waals surface area contributed by atoms with E-state index in [2.05, 4.69) is 11.1 Å². The third-order valence-corrected chi connectivity index (χ3v) is 4.42. The lowest BCUT2D eigenvalue weighted by Crippen LogP contribution is -2.49. The average molecular weight is 352 g/mol. The number of ether oxygens (including phenoxy) is 2. The second-order valence-corrected chi connectivity index (χ2v) is 5.80. The third kappa shape index (κ3) is 3.26. The van der Waals surface area contributed by atoms with Gasteiger partial charge in [0.2, 0.25) is 0 Å². The van der Waals surface area contributed by atoms with Crippen molar-refractivity contribution < 1.29 is 14.3 Å². The quantitative estimate of drug-likeness (QED) is 0.837. The van der Waals surface area contributed by atoms with Crippen LogP contribution >= 0.6 is 0 Å². The molecule has 7 heteroatoms. The van der Waals surface area contributed by atoms with Crippen molar-refractivity contribution in [2.24, 2.45) is 0 Å². The highest BCUT2D eigenvalue weighted by Gasteiger charge is 2.28. The van der Waals surface area contributed by atoms with Gasteiger partial charge < -0.3 is 19.3 Å². The maximum absolute atomic E-state index is 13.0. The third-order valence-electron chi connectivity index (χ3n) is 4.42. The number of benzene rings is 1. The van der Waals surface area contributed by atoms with Crippen LogP contribution in [0, 0.1) is 11.3 Å². The number of carbonyl (C=O) groups excluding carboxylic acids is 1. The second-order valence-electron chi connectivity index (χ2n) is 5.80. The van der Waals surface area contributed by atoms with E-state index in [-0.39, 0.29) is 5.91 Å². The van der Waals surface area contributed by atoms with Gasteiger partial charge in [0.05, 0.1) is 19.8 Å². The number of nitriles is 1. The molecule has 0 atom stereocenters. The van der Waals surface area contributed by atoms with Gasteiger partial charge in [-0.3, -0.25) is 4.79 Å². The molecule has 0 spiro atoms. The maximum Gasteiger partial charge on any atom is 0.261 e. The minimum Gasteiger partial charge on any atom is -0.496 e. The van der Waals surface area contributed by atoms with Gasteiger partial charge in [0.15, 0.2) is 0 Å². The van der Waals surface area contributed by atoms with Crippen LogP contribution in [0.15, 0.2) is 36.5 Å². The Balaban J connectivity index is 1.77. The number of hydrogen-bond donors (Lipinski definition) is 0. The van der Waals surface area contributed by atoms with Crippen LogP contribution in [0.4, 0.5) is 5.82 Å². The summed E-state index contributed by atoms with van der Waals surface area (Å²) < 4.78 is 10.7. The van der Waals surface area contributed by atoms with Crippen LogP contribution in [0.25, 0.3) is 0 Å². The number of pyridine rings is 1. The summed E-state index contributed by atoms with van der Waals surface area (Å²) in [6.45, 7) is 2.27. The number of piperazine rings is 1. The Bertz CT molecular complexity index is 817. The van der Waals surface area contributed by atoms with Gasteiger partial charge in [-0.05, 0) is 24.3 Å². The molecule has 7 nitrogen and oxygen atoms in total. The van der Waals surface area contributed by atoms with Crippen molar-refractivity contribution in [1.29, 1.82) is 5.26 Å². The molecule has 0 radical (unpaired) electrons. The summed E-state index contributed by atoms with van der Waals surface area (Å²) in [5.41, 5.74) is 0.972. The van der Waals surface area contributed by atoms with E-state index in [9.17, 15) is 10.1 Å². The molecule has 2 aromatic rings. The minimum atomic E-state index is -0.125. The smallest absolute Gasteiger partial charge is 0.261 e. The molecule has 1 saturated heterocycles. The summed E-state index contributed by atoms with van der Waals surface area (Å²) >= 11 is 0. The molecular formula is C19H20N4O3. The lowest BCUT2D eigenvalue weighted by Gasteiger charge is -2.36. The van der Waals surface area contributed by atoms with Crippen LogP contribution < -0.4 is 14.4 Å². The predicted molar refractivity (Wildman–Crippen MR) is 96.6 cm³/mol. The molecule has 3 rings (SSSR count). The molecule has 1 amide bonds.